The van der Waals surface area contributed by atoms with Crippen LogP contribution in [0, 0.1) is 0 Å². The molecule has 8 nitrogen and oxygen atoms in total. The normalized spacial score (nSPS) is 11.5. The van der Waals surface area contributed by atoms with Crippen molar-refractivity contribution in [3.05, 3.63) is 62.5 Å². The lowest BCUT2D eigenvalue weighted by Crippen LogP contribution is -2.37. The van der Waals surface area contributed by atoms with Gasteiger partial charge in [0.25, 0.3) is 11.8 Å². The number of nitrogens with one attached hydrogen (secondary N) is 3. The molecular weight excluding hydrogens is 409 g/mol. The second kappa shape index (κ2) is 10.7. The maximum absolute atomic E-state index is 11.8. The zero-order valence-electron chi connectivity index (χ0n) is 14.7. The van der Waals surface area contributed by atoms with Crippen LogP contribution in [-0.2, 0) is 4.79 Å². The van der Waals surface area contributed by atoms with E-state index in [9.17, 15) is 19.5 Å². The molecule has 2 rings (SSSR count). The summed E-state index contributed by atoms with van der Waals surface area (Å²) in [7, 11) is 0. The molecule has 0 spiro atoms. The van der Waals surface area contributed by atoms with Gasteiger partial charge in [-0.25, -0.2) is 0 Å². The molecule has 28 heavy (non-hydrogen) atoms. The summed E-state index contributed by atoms with van der Waals surface area (Å²) in [5.41, 5.74) is -0.242. The van der Waals surface area contributed by atoms with Crippen molar-refractivity contribution in [1.82, 2.24) is 15.6 Å². The first kappa shape index (κ1) is 21.7. The van der Waals surface area contributed by atoms with Crippen molar-refractivity contribution in [2.75, 3.05) is 19.7 Å². The number of hydrogen-bond donors (Lipinski definition) is 4. The monoisotopic (exact) mass is 427 g/mol. The molecule has 0 aliphatic carbocycles. The fourth-order valence-corrected chi connectivity index (χ4v) is 2.42. The molecule has 0 radical (unpaired) electrons. The third-order valence-corrected chi connectivity index (χ3v) is 4.31. The zero-order chi connectivity index (χ0) is 20.5. The van der Waals surface area contributed by atoms with E-state index in [2.05, 4.69) is 15.6 Å². The van der Waals surface area contributed by atoms with Gasteiger partial charge in [-0.05, 0) is 24.6 Å². The highest BCUT2D eigenvalue weighted by atomic mass is 35.5. The maximum Gasteiger partial charge on any atom is 0.267 e. The second-order valence-corrected chi connectivity index (χ2v) is 6.61. The summed E-state index contributed by atoms with van der Waals surface area (Å²) in [6.07, 6.45) is -0.638. The molecular formula is C18H19Cl2N3O5. The molecule has 0 saturated carbocycles. The van der Waals surface area contributed by atoms with E-state index in [-0.39, 0.29) is 37.4 Å². The fourth-order valence-electron chi connectivity index (χ4n) is 2.13. The highest BCUT2D eigenvalue weighted by Crippen LogP contribution is 2.26. The minimum Gasteiger partial charge on any atom is -0.484 e. The van der Waals surface area contributed by atoms with Gasteiger partial charge in [-0.3, -0.25) is 14.4 Å². The number of aromatic nitrogens is 1. The van der Waals surface area contributed by atoms with Crippen molar-refractivity contribution in [3.63, 3.8) is 0 Å². The third kappa shape index (κ3) is 7.22. The lowest BCUT2D eigenvalue weighted by molar-refractivity contribution is -0.123. The average molecular weight is 428 g/mol. The van der Waals surface area contributed by atoms with Crippen molar-refractivity contribution in [1.29, 1.82) is 0 Å². The van der Waals surface area contributed by atoms with Gasteiger partial charge in [-0.2, -0.15) is 0 Å². The molecule has 0 bridgehead atoms. The first-order chi connectivity index (χ1) is 13.3. The molecule has 0 fully saturated rings. The van der Waals surface area contributed by atoms with Crippen LogP contribution >= 0.6 is 23.2 Å². The SMILES string of the molecule is O=C(COc1ccc(Cl)c(Cl)c1)NC[C@@H](O)CCNC(=O)c1cccc(=O)[nH]1. The summed E-state index contributed by atoms with van der Waals surface area (Å²) in [6, 6.07) is 8.88. The maximum atomic E-state index is 11.8. The lowest BCUT2D eigenvalue weighted by Gasteiger charge is -2.13. The van der Waals surface area contributed by atoms with Crippen LogP contribution in [0.5, 0.6) is 5.75 Å². The molecule has 0 aliphatic rings. The predicted octanol–water partition coefficient (Wildman–Crippen LogP) is 1.36. The molecule has 2 aromatic rings. The number of H-pyrrole nitrogens is 1. The smallest absolute Gasteiger partial charge is 0.267 e. The Morgan fingerprint density at radius 3 is 2.64 bits per heavy atom. The van der Waals surface area contributed by atoms with Crippen molar-refractivity contribution in [2.24, 2.45) is 0 Å². The summed E-state index contributed by atoms with van der Waals surface area (Å²) < 4.78 is 5.28. The van der Waals surface area contributed by atoms with E-state index in [0.29, 0.717) is 15.8 Å². The summed E-state index contributed by atoms with van der Waals surface area (Å²) >= 11 is 11.7. The van der Waals surface area contributed by atoms with E-state index in [4.69, 9.17) is 27.9 Å². The van der Waals surface area contributed by atoms with Crippen LogP contribution in [0.25, 0.3) is 0 Å². The van der Waals surface area contributed by atoms with Crippen molar-refractivity contribution in [2.45, 2.75) is 12.5 Å². The quantitative estimate of drug-likeness (QED) is 0.481. The van der Waals surface area contributed by atoms with Gasteiger partial charge in [-0.15, -0.1) is 0 Å². The predicted molar refractivity (Wildman–Crippen MR) is 105 cm³/mol. The first-order valence-electron chi connectivity index (χ1n) is 8.35. The molecule has 1 aromatic heterocycles. The highest BCUT2D eigenvalue weighted by molar-refractivity contribution is 6.42. The number of carbonyl (C=O) groups excluding carboxylic acids is 2. The summed E-state index contributed by atoms with van der Waals surface area (Å²) in [5, 5.41) is 15.7. The number of halogens is 2. The second-order valence-electron chi connectivity index (χ2n) is 5.80. The van der Waals surface area contributed by atoms with Gasteiger partial charge in [0.15, 0.2) is 6.61 Å². The van der Waals surface area contributed by atoms with Crippen LogP contribution in [0.2, 0.25) is 10.0 Å². The van der Waals surface area contributed by atoms with Gasteiger partial charge < -0.3 is 25.5 Å². The number of ether oxygens (including phenoxy) is 1. The van der Waals surface area contributed by atoms with E-state index in [0.717, 1.165) is 0 Å². The Labute approximate surface area is 170 Å². The number of carbonyl (C=O) groups is 2. The number of pyridine rings is 1. The third-order valence-electron chi connectivity index (χ3n) is 3.57. The number of benzene rings is 1. The van der Waals surface area contributed by atoms with Gasteiger partial charge in [-0.1, -0.05) is 29.3 Å². The number of aliphatic hydroxyl groups is 1. The summed E-state index contributed by atoms with van der Waals surface area (Å²) in [6.45, 7) is -0.0725. The van der Waals surface area contributed by atoms with Gasteiger partial charge >= 0.3 is 0 Å². The molecule has 4 N–H and O–H groups in total. The van der Waals surface area contributed by atoms with Crippen molar-refractivity contribution >= 4 is 35.0 Å². The molecule has 0 aliphatic heterocycles. The summed E-state index contributed by atoms with van der Waals surface area (Å²) in [4.78, 5) is 37.2. The molecule has 1 aromatic carbocycles. The van der Waals surface area contributed by atoms with Gasteiger partial charge in [0.2, 0.25) is 5.56 Å². The Hall–Kier alpha value is -2.55. The minimum atomic E-state index is -0.857. The van der Waals surface area contributed by atoms with E-state index in [1.54, 1.807) is 12.1 Å². The largest absolute Gasteiger partial charge is 0.484 e. The van der Waals surface area contributed by atoms with E-state index >= 15 is 0 Å². The van der Waals surface area contributed by atoms with Crippen LogP contribution in [0.1, 0.15) is 16.9 Å². The number of rotatable bonds is 9. The standard InChI is InChI=1S/C18H19Cl2N3O5/c19-13-5-4-12(8-14(13)20)28-10-17(26)22-9-11(24)6-7-21-18(27)15-2-1-3-16(25)23-15/h1-5,8,11,24H,6-7,9-10H2,(H,21,27)(H,22,26)(H,23,25)/t11-/m0/s1. The van der Waals surface area contributed by atoms with Crippen molar-refractivity contribution in [3.8, 4) is 5.75 Å². The Bertz CT molecular complexity index is 888. The Morgan fingerprint density at radius 2 is 1.93 bits per heavy atom. The Balaban J connectivity index is 1.64. The van der Waals surface area contributed by atoms with E-state index in [1.807, 2.05) is 0 Å². The summed E-state index contributed by atoms with van der Waals surface area (Å²) in [5.74, 6) is -0.480. The molecule has 1 heterocycles. The number of aliphatic hydroxyl groups excluding tert-OH is 1. The van der Waals surface area contributed by atoms with Crippen LogP contribution in [-0.4, -0.2) is 47.7 Å². The van der Waals surface area contributed by atoms with Gasteiger partial charge in [0, 0.05) is 25.2 Å². The minimum absolute atomic E-state index is 0.00160. The van der Waals surface area contributed by atoms with Crippen molar-refractivity contribution < 1.29 is 19.4 Å². The molecule has 10 heteroatoms. The molecule has 150 valence electrons. The number of aromatic amines is 1. The highest BCUT2D eigenvalue weighted by Gasteiger charge is 2.10. The van der Waals surface area contributed by atoms with Crippen LogP contribution in [0.15, 0.2) is 41.2 Å². The topological polar surface area (TPSA) is 121 Å². The Kier molecular flexibility index (Phi) is 8.31. The number of hydrogen-bond acceptors (Lipinski definition) is 5. The van der Waals surface area contributed by atoms with E-state index < -0.39 is 17.9 Å². The van der Waals surface area contributed by atoms with Crippen LogP contribution in [0.3, 0.4) is 0 Å². The Morgan fingerprint density at radius 1 is 1.14 bits per heavy atom. The molecule has 0 unspecified atom stereocenters. The van der Waals surface area contributed by atoms with Crippen LogP contribution in [0.4, 0.5) is 0 Å². The van der Waals surface area contributed by atoms with Gasteiger partial charge in [0.05, 0.1) is 16.1 Å². The zero-order valence-corrected chi connectivity index (χ0v) is 16.2. The van der Waals surface area contributed by atoms with E-state index in [1.165, 1.54) is 24.3 Å². The fraction of sp³-hybridized carbons (Fsp3) is 0.278. The first-order valence-corrected chi connectivity index (χ1v) is 9.11. The average Bonchev–Trinajstić information content (AvgIpc) is 2.67. The lowest BCUT2D eigenvalue weighted by atomic mass is 10.2. The molecule has 2 amide bonds. The molecule has 1 atom stereocenters. The number of amides is 2. The molecule has 0 saturated heterocycles. The van der Waals surface area contributed by atoms with Gasteiger partial charge in [0.1, 0.15) is 11.4 Å². The van der Waals surface area contributed by atoms with Crippen LogP contribution < -0.4 is 20.9 Å².